The van der Waals surface area contributed by atoms with Crippen molar-refractivity contribution < 1.29 is 29.3 Å². The molecule has 1 amide bonds. The number of hydrogen-bond donors (Lipinski definition) is 3. The molecule has 0 unspecified atom stereocenters. The number of esters is 1. The van der Waals surface area contributed by atoms with Gasteiger partial charge in [0.05, 0.1) is 0 Å². The molecule has 0 aromatic heterocycles. The Labute approximate surface area is 175 Å². The summed E-state index contributed by atoms with van der Waals surface area (Å²) < 4.78 is 5.15. The number of Topliss-reactive ketones (excluding diaryl/α,β-unsaturated/α-hetero) is 1. The first-order valence-electron chi connectivity index (χ1n) is 9.87. The monoisotopic (exact) mass is 413 g/mol. The number of carbonyl (C=O) groups excluding carboxylic acids is 3. The van der Waals surface area contributed by atoms with Gasteiger partial charge in [-0.15, -0.1) is 0 Å². The van der Waals surface area contributed by atoms with E-state index in [1.54, 1.807) is 12.1 Å². The van der Waals surface area contributed by atoms with Crippen molar-refractivity contribution in [1.29, 1.82) is 0 Å². The number of amides is 1. The maximum absolute atomic E-state index is 12.0. The van der Waals surface area contributed by atoms with Crippen molar-refractivity contribution in [3.05, 3.63) is 71.8 Å². The topological polar surface area (TPSA) is 113 Å². The maximum Gasteiger partial charge on any atom is 0.306 e. The Bertz CT molecular complexity index is 809. The molecule has 0 aliphatic carbocycles. The molecule has 0 aliphatic heterocycles. The lowest BCUT2D eigenvalue weighted by molar-refractivity contribution is -0.145. The van der Waals surface area contributed by atoms with Crippen LogP contribution < -0.4 is 5.32 Å². The van der Waals surface area contributed by atoms with Crippen LogP contribution in [0.2, 0.25) is 0 Å². The highest BCUT2D eigenvalue weighted by Crippen LogP contribution is 2.08. The van der Waals surface area contributed by atoms with Crippen molar-refractivity contribution in [2.75, 3.05) is 0 Å². The van der Waals surface area contributed by atoms with E-state index < -0.39 is 23.9 Å². The molecule has 2 aromatic carbocycles. The van der Waals surface area contributed by atoms with Gasteiger partial charge in [0, 0.05) is 19.4 Å². The zero-order valence-electron chi connectivity index (χ0n) is 16.7. The number of aliphatic hydroxyl groups excluding tert-OH is 2. The second kappa shape index (κ2) is 12.5. The molecule has 160 valence electrons. The summed E-state index contributed by atoms with van der Waals surface area (Å²) in [6.45, 7) is 0.379. The minimum Gasteiger partial charge on any atom is -0.461 e. The molecule has 30 heavy (non-hydrogen) atoms. The summed E-state index contributed by atoms with van der Waals surface area (Å²) in [6, 6.07) is 18.4. The Hall–Kier alpha value is -3.03. The molecule has 2 aromatic rings. The second-order valence-electron chi connectivity index (χ2n) is 6.91. The van der Waals surface area contributed by atoms with E-state index in [-0.39, 0.29) is 32.0 Å². The van der Waals surface area contributed by atoms with Crippen molar-refractivity contribution in [1.82, 2.24) is 5.32 Å². The molecule has 0 saturated carbocycles. The predicted octanol–water partition coefficient (Wildman–Crippen LogP) is 1.90. The van der Waals surface area contributed by atoms with Crippen LogP contribution in [0.25, 0.3) is 0 Å². The van der Waals surface area contributed by atoms with E-state index in [2.05, 4.69) is 5.32 Å². The molecule has 0 saturated heterocycles. The van der Waals surface area contributed by atoms with E-state index in [1.165, 1.54) is 0 Å². The van der Waals surface area contributed by atoms with Crippen molar-refractivity contribution in [3.63, 3.8) is 0 Å². The van der Waals surface area contributed by atoms with Gasteiger partial charge in [-0.1, -0.05) is 60.7 Å². The fraction of sp³-hybridized carbons (Fsp3) is 0.348. The zero-order chi connectivity index (χ0) is 21.8. The average Bonchev–Trinajstić information content (AvgIpc) is 2.79. The van der Waals surface area contributed by atoms with Crippen LogP contribution in [-0.2, 0) is 32.3 Å². The Morgan fingerprint density at radius 2 is 1.37 bits per heavy atom. The van der Waals surface area contributed by atoms with Gasteiger partial charge in [0.25, 0.3) is 5.91 Å². The van der Waals surface area contributed by atoms with E-state index in [1.807, 2.05) is 48.5 Å². The van der Waals surface area contributed by atoms with Crippen molar-refractivity contribution in [3.8, 4) is 0 Å². The lowest BCUT2D eigenvalue weighted by atomic mass is 10.0. The maximum atomic E-state index is 12.0. The van der Waals surface area contributed by atoms with Gasteiger partial charge in [-0.3, -0.25) is 14.4 Å². The van der Waals surface area contributed by atoms with Crippen LogP contribution in [0.3, 0.4) is 0 Å². The SMILES string of the molecule is O=C(CCCCC(=O)[C@H](O)[C@@H](O)C(=O)NCc1ccccc1)OCc1ccccc1. The number of nitrogens with one attached hydrogen (secondary N) is 1. The zero-order valence-corrected chi connectivity index (χ0v) is 16.7. The third-order valence-corrected chi connectivity index (χ3v) is 4.50. The van der Waals surface area contributed by atoms with Gasteiger partial charge in [-0.2, -0.15) is 0 Å². The van der Waals surface area contributed by atoms with Gasteiger partial charge in [0.1, 0.15) is 12.7 Å². The van der Waals surface area contributed by atoms with Gasteiger partial charge in [0.2, 0.25) is 0 Å². The highest BCUT2D eigenvalue weighted by Gasteiger charge is 2.29. The molecule has 2 atom stereocenters. The Morgan fingerprint density at radius 3 is 2.00 bits per heavy atom. The Balaban J connectivity index is 1.62. The van der Waals surface area contributed by atoms with Crippen LogP contribution in [0.15, 0.2) is 60.7 Å². The summed E-state index contributed by atoms with van der Waals surface area (Å²) in [5.74, 6) is -1.83. The first kappa shape index (κ1) is 23.3. The quantitative estimate of drug-likeness (QED) is 0.362. The Morgan fingerprint density at radius 1 is 0.800 bits per heavy atom. The van der Waals surface area contributed by atoms with E-state index in [4.69, 9.17) is 4.74 Å². The lowest BCUT2D eigenvalue weighted by Gasteiger charge is -2.16. The summed E-state index contributed by atoms with van der Waals surface area (Å²) in [5.41, 5.74) is 1.72. The van der Waals surface area contributed by atoms with Crippen LogP contribution >= 0.6 is 0 Å². The third-order valence-electron chi connectivity index (χ3n) is 4.50. The van der Waals surface area contributed by atoms with Gasteiger partial charge in [-0.25, -0.2) is 0 Å². The molecule has 0 fully saturated rings. The number of aliphatic hydroxyl groups is 2. The second-order valence-corrected chi connectivity index (χ2v) is 6.91. The molecule has 3 N–H and O–H groups in total. The van der Waals surface area contributed by atoms with Crippen LogP contribution in [0.1, 0.15) is 36.8 Å². The van der Waals surface area contributed by atoms with E-state index >= 15 is 0 Å². The van der Waals surface area contributed by atoms with Crippen molar-refractivity contribution in [2.45, 2.75) is 51.0 Å². The van der Waals surface area contributed by atoms with Crippen LogP contribution in [0, 0.1) is 0 Å². The first-order valence-corrected chi connectivity index (χ1v) is 9.87. The fourth-order valence-corrected chi connectivity index (χ4v) is 2.74. The highest BCUT2D eigenvalue weighted by molar-refractivity contribution is 5.91. The van der Waals surface area contributed by atoms with Gasteiger partial charge >= 0.3 is 5.97 Å². The summed E-state index contributed by atoms with van der Waals surface area (Å²) in [5, 5.41) is 22.3. The minimum atomic E-state index is -1.84. The van der Waals surface area contributed by atoms with Crippen molar-refractivity contribution >= 4 is 17.7 Å². The molecule has 0 bridgehead atoms. The number of rotatable bonds is 12. The molecule has 7 nitrogen and oxygen atoms in total. The molecule has 2 rings (SSSR count). The van der Waals surface area contributed by atoms with Crippen LogP contribution in [0.5, 0.6) is 0 Å². The predicted molar refractivity (Wildman–Crippen MR) is 110 cm³/mol. The average molecular weight is 413 g/mol. The highest BCUT2D eigenvalue weighted by atomic mass is 16.5. The number of hydrogen-bond acceptors (Lipinski definition) is 6. The molecular formula is C23H27NO6. The molecule has 0 aliphatic rings. The van der Waals surface area contributed by atoms with Crippen LogP contribution in [0.4, 0.5) is 0 Å². The molecule has 0 spiro atoms. The Kier molecular flexibility index (Phi) is 9.70. The van der Waals surface area contributed by atoms with Crippen molar-refractivity contribution in [2.24, 2.45) is 0 Å². The van der Waals surface area contributed by atoms with Crippen LogP contribution in [-0.4, -0.2) is 40.1 Å². The normalized spacial score (nSPS) is 12.6. The number of unbranched alkanes of at least 4 members (excludes halogenated alkanes) is 1. The first-order chi connectivity index (χ1) is 14.5. The summed E-state index contributed by atoms with van der Waals surface area (Å²) in [6.07, 6.45) is -2.79. The molecule has 0 radical (unpaired) electrons. The third kappa shape index (κ3) is 8.14. The smallest absolute Gasteiger partial charge is 0.306 e. The summed E-state index contributed by atoms with van der Waals surface area (Å²) in [7, 11) is 0. The number of ether oxygens (including phenoxy) is 1. The number of benzene rings is 2. The van der Waals surface area contributed by atoms with E-state index in [0.29, 0.717) is 12.8 Å². The number of ketones is 1. The summed E-state index contributed by atoms with van der Waals surface area (Å²) >= 11 is 0. The molecular weight excluding hydrogens is 386 g/mol. The number of carbonyl (C=O) groups is 3. The largest absolute Gasteiger partial charge is 0.461 e. The minimum absolute atomic E-state index is 0.0455. The molecule has 0 heterocycles. The molecule has 7 heteroatoms. The van der Waals surface area contributed by atoms with E-state index in [9.17, 15) is 24.6 Å². The van der Waals surface area contributed by atoms with Gasteiger partial charge in [0.15, 0.2) is 11.9 Å². The summed E-state index contributed by atoms with van der Waals surface area (Å²) in [4.78, 5) is 35.7. The van der Waals surface area contributed by atoms with Gasteiger partial charge < -0.3 is 20.3 Å². The van der Waals surface area contributed by atoms with Gasteiger partial charge in [-0.05, 0) is 24.0 Å². The fourth-order valence-electron chi connectivity index (χ4n) is 2.74. The van der Waals surface area contributed by atoms with E-state index in [0.717, 1.165) is 11.1 Å². The lowest BCUT2D eigenvalue weighted by Crippen LogP contribution is -2.45. The standard InChI is InChI=1S/C23H27NO6/c25-19(13-7-8-14-20(26)30-16-18-11-5-2-6-12-18)21(27)22(28)23(29)24-15-17-9-3-1-4-10-17/h1-6,9-12,21-22,27-28H,7-8,13-16H2,(H,24,29)/t21-,22+/m0/s1.